The summed E-state index contributed by atoms with van der Waals surface area (Å²) in [7, 11) is 3.46. The molecule has 6 nitrogen and oxygen atoms in total. The molecule has 1 heterocycles. The average molecular weight is 301 g/mol. The van der Waals surface area contributed by atoms with Gasteiger partial charge < -0.3 is 15.2 Å². The van der Waals surface area contributed by atoms with E-state index in [4.69, 9.17) is 9.84 Å². The Labute approximate surface area is 128 Å². The van der Waals surface area contributed by atoms with E-state index in [1.807, 2.05) is 37.5 Å². The number of carboxylic acid groups (broad SMARTS) is 1. The lowest BCUT2D eigenvalue weighted by molar-refractivity contribution is -0.138. The third-order valence-corrected chi connectivity index (χ3v) is 3.99. The summed E-state index contributed by atoms with van der Waals surface area (Å²) >= 11 is 0. The van der Waals surface area contributed by atoms with Crippen LogP contribution in [0.5, 0.6) is 5.88 Å². The minimum atomic E-state index is -0.698. The fourth-order valence-corrected chi connectivity index (χ4v) is 2.69. The Bertz CT molecular complexity index is 678. The SMILES string of the molecule is COc1nn(C)cc1CNc1ccc([C@@H]2C[C@H]2C(=O)O)cc1. The summed E-state index contributed by atoms with van der Waals surface area (Å²) in [5.74, 6) is -0.117. The number of hydrogen-bond donors (Lipinski definition) is 2. The number of carbonyl (C=O) groups is 1. The smallest absolute Gasteiger partial charge is 0.307 e. The van der Waals surface area contributed by atoms with Gasteiger partial charge in [-0.25, -0.2) is 0 Å². The van der Waals surface area contributed by atoms with Crippen molar-refractivity contribution in [3.8, 4) is 5.88 Å². The maximum absolute atomic E-state index is 10.9. The van der Waals surface area contributed by atoms with Gasteiger partial charge in [-0.3, -0.25) is 9.48 Å². The number of benzene rings is 1. The molecule has 6 heteroatoms. The summed E-state index contributed by atoms with van der Waals surface area (Å²) in [6, 6.07) is 7.96. The van der Waals surface area contributed by atoms with Gasteiger partial charge in [0.2, 0.25) is 5.88 Å². The molecule has 1 saturated carbocycles. The molecule has 0 bridgehead atoms. The number of carboxylic acids is 1. The van der Waals surface area contributed by atoms with Crippen molar-refractivity contribution in [2.45, 2.75) is 18.9 Å². The lowest BCUT2D eigenvalue weighted by atomic mass is 10.1. The number of aromatic nitrogens is 2. The van der Waals surface area contributed by atoms with Crippen molar-refractivity contribution in [3.63, 3.8) is 0 Å². The first-order chi connectivity index (χ1) is 10.6. The molecular weight excluding hydrogens is 282 g/mol. The number of aryl methyl sites for hydroxylation is 1. The predicted molar refractivity (Wildman–Crippen MR) is 82.0 cm³/mol. The monoisotopic (exact) mass is 301 g/mol. The number of rotatable bonds is 6. The first-order valence-electron chi connectivity index (χ1n) is 7.21. The summed E-state index contributed by atoms with van der Waals surface area (Å²) in [6.45, 7) is 0.623. The summed E-state index contributed by atoms with van der Waals surface area (Å²) in [5, 5.41) is 16.5. The number of anilines is 1. The predicted octanol–water partition coefficient (Wildman–Crippen LogP) is 2.23. The molecule has 1 aromatic heterocycles. The fraction of sp³-hybridized carbons (Fsp3) is 0.375. The number of methoxy groups -OCH3 is 1. The second-order valence-corrected chi connectivity index (χ2v) is 5.60. The van der Waals surface area contributed by atoms with Crippen LogP contribution in [-0.4, -0.2) is 28.0 Å². The van der Waals surface area contributed by atoms with E-state index in [9.17, 15) is 4.79 Å². The van der Waals surface area contributed by atoms with Gasteiger partial charge >= 0.3 is 5.97 Å². The fourth-order valence-electron chi connectivity index (χ4n) is 2.69. The molecule has 22 heavy (non-hydrogen) atoms. The van der Waals surface area contributed by atoms with E-state index in [1.54, 1.807) is 11.8 Å². The highest BCUT2D eigenvalue weighted by Gasteiger charge is 2.43. The van der Waals surface area contributed by atoms with Crippen molar-refractivity contribution in [1.29, 1.82) is 0 Å². The van der Waals surface area contributed by atoms with Gasteiger partial charge in [0.1, 0.15) is 0 Å². The van der Waals surface area contributed by atoms with Gasteiger partial charge in [0.25, 0.3) is 0 Å². The van der Waals surface area contributed by atoms with Gasteiger partial charge in [0.05, 0.1) is 18.6 Å². The van der Waals surface area contributed by atoms with Crippen molar-refractivity contribution in [2.24, 2.45) is 13.0 Å². The van der Waals surface area contributed by atoms with Gasteiger partial charge in [-0.15, -0.1) is 5.10 Å². The molecule has 0 saturated heterocycles. The molecule has 2 atom stereocenters. The van der Waals surface area contributed by atoms with E-state index in [0.29, 0.717) is 12.4 Å². The molecule has 2 N–H and O–H groups in total. The standard InChI is InChI=1S/C16H19N3O3/c1-19-9-11(15(18-19)22-2)8-17-12-5-3-10(4-6-12)13-7-14(13)16(20)21/h3-6,9,13-14,17H,7-8H2,1-2H3,(H,20,21)/t13-,14+/m0/s1. The molecule has 1 aliphatic rings. The largest absolute Gasteiger partial charge is 0.481 e. The molecule has 1 aliphatic carbocycles. The van der Waals surface area contributed by atoms with Crippen LogP contribution in [0.4, 0.5) is 5.69 Å². The zero-order chi connectivity index (χ0) is 15.7. The molecule has 0 amide bonds. The Hall–Kier alpha value is -2.50. The van der Waals surface area contributed by atoms with Gasteiger partial charge in [-0.05, 0) is 30.0 Å². The maximum Gasteiger partial charge on any atom is 0.307 e. The van der Waals surface area contributed by atoms with Crippen LogP contribution in [-0.2, 0) is 18.4 Å². The van der Waals surface area contributed by atoms with Crippen LogP contribution in [0.15, 0.2) is 30.5 Å². The lowest BCUT2D eigenvalue weighted by Crippen LogP contribution is -2.01. The van der Waals surface area contributed by atoms with Crippen molar-refractivity contribution in [2.75, 3.05) is 12.4 Å². The molecule has 0 aliphatic heterocycles. The number of aliphatic carboxylic acids is 1. The van der Waals surface area contributed by atoms with E-state index in [2.05, 4.69) is 10.4 Å². The van der Waals surface area contributed by atoms with Crippen molar-refractivity contribution >= 4 is 11.7 Å². The van der Waals surface area contributed by atoms with Crippen LogP contribution >= 0.6 is 0 Å². The van der Waals surface area contributed by atoms with Crippen LogP contribution in [0, 0.1) is 5.92 Å². The average Bonchev–Trinajstić information content (AvgIpc) is 3.23. The van der Waals surface area contributed by atoms with Gasteiger partial charge in [-0.2, -0.15) is 0 Å². The highest BCUT2D eigenvalue weighted by atomic mass is 16.5. The summed E-state index contributed by atoms with van der Waals surface area (Å²) in [6.07, 6.45) is 2.66. The number of nitrogens with zero attached hydrogens (tertiary/aromatic N) is 2. The van der Waals surface area contributed by atoms with E-state index in [1.165, 1.54) is 0 Å². The van der Waals surface area contributed by atoms with Gasteiger partial charge in [0.15, 0.2) is 0 Å². The highest BCUT2D eigenvalue weighted by molar-refractivity contribution is 5.75. The van der Waals surface area contributed by atoms with Crippen molar-refractivity contribution < 1.29 is 14.6 Å². The molecule has 0 radical (unpaired) electrons. The third-order valence-electron chi connectivity index (χ3n) is 3.99. The van der Waals surface area contributed by atoms with Gasteiger partial charge in [-0.1, -0.05) is 12.1 Å². The molecule has 3 rings (SSSR count). The van der Waals surface area contributed by atoms with E-state index in [-0.39, 0.29) is 11.8 Å². The Balaban J connectivity index is 1.61. The minimum Gasteiger partial charge on any atom is -0.481 e. The zero-order valence-corrected chi connectivity index (χ0v) is 12.6. The second-order valence-electron chi connectivity index (χ2n) is 5.60. The van der Waals surface area contributed by atoms with E-state index >= 15 is 0 Å². The highest BCUT2D eigenvalue weighted by Crippen LogP contribution is 2.47. The Morgan fingerprint density at radius 1 is 1.45 bits per heavy atom. The Kier molecular flexibility index (Phi) is 3.75. The first-order valence-corrected chi connectivity index (χ1v) is 7.21. The molecule has 0 spiro atoms. The second kappa shape index (κ2) is 5.71. The summed E-state index contributed by atoms with van der Waals surface area (Å²) in [5.41, 5.74) is 3.07. The van der Waals surface area contributed by atoms with Crippen molar-refractivity contribution in [3.05, 3.63) is 41.6 Å². The van der Waals surface area contributed by atoms with Crippen LogP contribution in [0.3, 0.4) is 0 Å². The molecule has 2 aromatic rings. The van der Waals surface area contributed by atoms with E-state index < -0.39 is 5.97 Å². The zero-order valence-electron chi connectivity index (χ0n) is 12.6. The topological polar surface area (TPSA) is 76.4 Å². The maximum atomic E-state index is 10.9. The third kappa shape index (κ3) is 2.90. The van der Waals surface area contributed by atoms with Gasteiger partial charge in [0, 0.05) is 25.5 Å². The summed E-state index contributed by atoms with van der Waals surface area (Å²) in [4.78, 5) is 10.9. The van der Waals surface area contributed by atoms with Crippen LogP contribution in [0.1, 0.15) is 23.5 Å². The van der Waals surface area contributed by atoms with Crippen LogP contribution < -0.4 is 10.1 Å². The van der Waals surface area contributed by atoms with Crippen LogP contribution in [0.25, 0.3) is 0 Å². The Morgan fingerprint density at radius 3 is 2.77 bits per heavy atom. The molecular formula is C16H19N3O3. The minimum absolute atomic E-state index is 0.171. The molecule has 116 valence electrons. The lowest BCUT2D eigenvalue weighted by Gasteiger charge is -2.07. The first kappa shape index (κ1) is 14.4. The summed E-state index contributed by atoms with van der Waals surface area (Å²) < 4.78 is 6.94. The normalized spacial score (nSPS) is 19.7. The van der Waals surface area contributed by atoms with E-state index in [0.717, 1.165) is 23.2 Å². The molecule has 1 aromatic carbocycles. The number of hydrogen-bond acceptors (Lipinski definition) is 4. The number of nitrogens with one attached hydrogen (secondary N) is 1. The van der Waals surface area contributed by atoms with Crippen LogP contribution in [0.2, 0.25) is 0 Å². The number of ether oxygens (including phenoxy) is 1. The van der Waals surface area contributed by atoms with Crippen molar-refractivity contribution in [1.82, 2.24) is 9.78 Å². The molecule has 0 unspecified atom stereocenters. The molecule has 1 fully saturated rings. The quantitative estimate of drug-likeness (QED) is 0.855. The Morgan fingerprint density at radius 2 is 2.18 bits per heavy atom.